The zero-order valence-electron chi connectivity index (χ0n) is 11.3. The predicted molar refractivity (Wildman–Crippen MR) is 69.7 cm³/mol. The molecule has 0 spiro atoms. The minimum Gasteiger partial charge on any atom is -0.496 e. The van der Waals surface area contributed by atoms with E-state index in [1.807, 2.05) is 6.92 Å². The number of methoxy groups -OCH3 is 2. The number of hydrogen-bond acceptors (Lipinski definition) is 4. The zero-order valence-corrected chi connectivity index (χ0v) is 12.1. The van der Waals surface area contributed by atoms with Gasteiger partial charge in [0.25, 0.3) is 0 Å². The van der Waals surface area contributed by atoms with E-state index in [0.717, 1.165) is 5.56 Å². The molecule has 0 radical (unpaired) electrons. The molecule has 1 aromatic rings. The summed E-state index contributed by atoms with van der Waals surface area (Å²) in [6.07, 6.45) is 0. The Kier molecular flexibility index (Phi) is 4.59. The van der Waals surface area contributed by atoms with E-state index in [1.165, 1.54) is 20.3 Å². The molecule has 1 aromatic carbocycles. The number of benzene rings is 1. The summed E-state index contributed by atoms with van der Waals surface area (Å²) >= 11 is 0. The maximum atomic E-state index is 12.2. The average molecular weight is 273 g/mol. The van der Waals surface area contributed by atoms with Crippen molar-refractivity contribution in [3.63, 3.8) is 0 Å². The van der Waals surface area contributed by atoms with Crippen molar-refractivity contribution in [3.05, 3.63) is 17.7 Å². The fraction of sp³-hybridized carbons (Fsp3) is 0.500. The van der Waals surface area contributed by atoms with Gasteiger partial charge in [-0.3, -0.25) is 0 Å². The number of nitrogens with one attached hydrogen (secondary N) is 1. The summed E-state index contributed by atoms with van der Waals surface area (Å²) in [7, 11) is -0.665. The van der Waals surface area contributed by atoms with Crippen LogP contribution in [0.15, 0.2) is 17.0 Å². The average Bonchev–Trinajstić information content (AvgIpc) is 2.26. The summed E-state index contributed by atoms with van der Waals surface area (Å²) in [5.74, 6) is 0.821. The van der Waals surface area contributed by atoms with Gasteiger partial charge in [-0.25, -0.2) is 13.1 Å². The number of ether oxygens (including phenoxy) is 2. The molecule has 0 saturated carbocycles. The SMILES string of the molecule is COc1cc(S(=O)(=O)NC(C)C)c(OC)cc1C. The molecule has 5 nitrogen and oxygen atoms in total. The highest BCUT2D eigenvalue weighted by Gasteiger charge is 2.22. The normalized spacial score (nSPS) is 11.7. The van der Waals surface area contributed by atoms with E-state index < -0.39 is 10.0 Å². The van der Waals surface area contributed by atoms with E-state index in [2.05, 4.69) is 4.72 Å². The van der Waals surface area contributed by atoms with E-state index in [1.54, 1.807) is 19.9 Å². The molecule has 0 saturated heterocycles. The number of aryl methyl sites for hydroxylation is 1. The quantitative estimate of drug-likeness (QED) is 0.887. The van der Waals surface area contributed by atoms with Gasteiger partial charge in [0, 0.05) is 12.1 Å². The third-order valence-corrected chi connectivity index (χ3v) is 4.04. The van der Waals surface area contributed by atoms with Crippen molar-refractivity contribution in [2.24, 2.45) is 0 Å². The summed E-state index contributed by atoms with van der Waals surface area (Å²) in [5, 5.41) is 0. The summed E-state index contributed by atoms with van der Waals surface area (Å²) in [4.78, 5) is 0.0844. The highest BCUT2D eigenvalue weighted by Crippen LogP contribution is 2.31. The molecule has 0 bridgehead atoms. The van der Waals surface area contributed by atoms with Gasteiger partial charge in [-0.05, 0) is 32.4 Å². The molecular formula is C12H19NO4S. The van der Waals surface area contributed by atoms with Gasteiger partial charge >= 0.3 is 0 Å². The Morgan fingerprint density at radius 2 is 1.67 bits per heavy atom. The lowest BCUT2D eigenvalue weighted by Crippen LogP contribution is -2.30. The van der Waals surface area contributed by atoms with Gasteiger partial charge in [-0.2, -0.15) is 0 Å². The lowest BCUT2D eigenvalue weighted by molar-refractivity contribution is 0.389. The van der Waals surface area contributed by atoms with Crippen LogP contribution < -0.4 is 14.2 Å². The maximum absolute atomic E-state index is 12.2. The standard InChI is InChI=1S/C12H19NO4S/c1-8(2)13-18(14,15)12-7-10(16-4)9(3)6-11(12)17-5/h6-8,13H,1-5H3. The zero-order chi connectivity index (χ0) is 13.9. The van der Waals surface area contributed by atoms with E-state index in [0.29, 0.717) is 11.5 Å². The first-order chi connectivity index (χ1) is 8.31. The Labute approximate surface area is 108 Å². The van der Waals surface area contributed by atoms with Gasteiger partial charge in [-0.1, -0.05) is 0 Å². The minimum absolute atomic E-state index is 0.0844. The highest BCUT2D eigenvalue weighted by molar-refractivity contribution is 7.89. The van der Waals surface area contributed by atoms with Crippen molar-refractivity contribution < 1.29 is 17.9 Å². The number of rotatable bonds is 5. The first-order valence-corrected chi connectivity index (χ1v) is 7.05. The maximum Gasteiger partial charge on any atom is 0.244 e. The van der Waals surface area contributed by atoms with Crippen molar-refractivity contribution in [3.8, 4) is 11.5 Å². The topological polar surface area (TPSA) is 64.6 Å². The third kappa shape index (κ3) is 3.14. The third-order valence-electron chi connectivity index (χ3n) is 2.36. The molecule has 0 heterocycles. The van der Waals surface area contributed by atoms with E-state index in [-0.39, 0.29) is 10.9 Å². The fourth-order valence-corrected chi connectivity index (χ4v) is 3.02. The van der Waals surface area contributed by atoms with Gasteiger partial charge in [0.1, 0.15) is 16.4 Å². The Balaban J connectivity index is 3.38. The molecule has 0 atom stereocenters. The lowest BCUT2D eigenvalue weighted by atomic mass is 10.2. The second-order valence-electron chi connectivity index (χ2n) is 4.25. The Morgan fingerprint density at radius 3 is 2.11 bits per heavy atom. The van der Waals surface area contributed by atoms with Gasteiger partial charge < -0.3 is 9.47 Å². The Bertz CT molecular complexity index is 523. The molecule has 0 aliphatic carbocycles. The second-order valence-corrected chi connectivity index (χ2v) is 5.93. The lowest BCUT2D eigenvalue weighted by Gasteiger charge is -2.15. The molecular weight excluding hydrogens is 254 g/mol. The van der Waals surface area contributed by atoms with Crippen LogP contribution in [0.5, 0.6) is 11.5 Å². The first kappa shape index (κ1) is 14.8. The molecule has 0 aromatic heterocycles. The van der Waals surface area contributed by atoms with Gasteiger partial charge in [0.2, 0.25) is 10.0 Å². The van der Waals surface area contributed by atoms with Crippen LogP contribution in [0.1, 0.15) is 19.4 Å². The van der Waals surface area contributed by atoms with Gasteiger partial charge in [-0.15, -0.1) is 0 Å². The van der Waals surface area contributed by atoms with Crippen LogP contribution in [0.3, 0.4) is 0 Å². The minimum atomic E-state index is -3.61. The smallest absolute Gasteiger partial charge is 0.244 e. The van der Waals surface area contributed by atoms with Crippen LogP contribution in [0.4, 0.5) is 0 Å². The molecule has 18 heavy (non-hydrogen) atoms. The largest absolute Gasteiger partial charge is 0.496 e. The van der Waals surface area contributed by atoms with Crippen molar-refractivity contribution in [2.45, 2.75) is 31.7 Å². The van der Waals surface area contributed by atoms with Crippen molar-refractivity contribution in [2.75, 3.05) is 14.2 Å². The molecule has 1 N–H and O–H groups in total. The molecule has 0 fully saturated rings. The molecule has 1 rings (SSSR count). The summed E-state index contributed by atoms with van der Waals surface area (Å²) < 4.78 is 37.1. The fourth-order valence-electron chi connectivity index (χ4n) is 1.61. The number of hydrogen-bond donors (Lipinski definition) is 1. The second kappa shape index (κ2) is 5.58. The van der Waals surface area contributed by atoms with Crippen molar-refractivity contribution in [1.82, 2.24) is 4.72 Å². The first-order valence-electron chi connectivity index (χ1n) is 5.56. The molecule has 0 aliphatic heterocycles. The van der Waals surface area contributed by atoms with Crippen LogP contribution in [0, 0.1) is 6.92 Å². The molecule has 0 unspecified atom stereocenters. The summed E-state index contributed by atoms with van der Waals surface area (Å²) in [5.41, 5.74) is 0.817. The Hall–Kier alpha value is -1.27. The Morgan fingerprint density at radius 1 is 1.11 bits per heavy atom. The predicted octanol–water partition coefficient (Wildman–Crippen LogP) is 1.70. The van der Waals surface area contributed by atoms with Crippen LogP contribution in [0.2, 0.25) is 0 Å². The highest BCUT2D eigenvalue weighted by atomic mass is 32.2. The van der Waals surface area contributed by atoms with Gasteiger partial charge in [0.15, 0.2) is 0 Å². The van der Waals surface area contributed by atoms with E-state index in [9.17, 15) is 8.42 Å². The summed E-state index contributed by atoms with van der Waals surface area (Å²) in [6, 6.07) is 2.93. The van der Waals surface area contributed by atoms with Crippen molar-refractivity contribution >= 4 is 10.0 Å². The molecule has 0 aliphatic rings. The van der Waals surface area contributed by atoms with Crippen LogP contribution in [-0.4, -0.2) is 28.7 Å². The molecule has 0 amide bonds. The van der Waals surface area contributed by atoms with Gasteiger partial charge in [0.05, 0.1) is 14.2 Å². The number of sulfonamides is 1. The van der Waals surface area contributed by atoms with E-state index in [4.69, 9.17) is 9.47 Å². The summed E-state index contributed by atoms with van der Waals surface area (Å²) in [6.45, 7) is 5.35. The monoisotopic (exact) mass is 273 g/mol. The molecule has 102 valence electrons. The van der Waals surface area contributed by atoms with Crippen LogP contribution in [-0.2, 0) is 10.0 Å². The van der Waals surface area contributed by atoms with Crippen LogP contribution in [0.25, 0.3) is 0 Å². The van der Waals surface area contributed by atoms with E-state index >= 15 is 0 Å². The molecule has 6 heteroatoms. The van der Waals surface area contributed by atoms with Crippen LogP contribution >= 0.6 is 0 Å². The van der Waals surface area contributed by atoms with Crippen molar-refractivity contribution in [1.29, 1.82) is 0 Å².